The minimum absolute atomic E-state index is 0.192. The first-order chi connectivity index (χ1) is 13.1. The highest BCUT2D eigenvalue weighted by atomic mass is 16.5. The molecule has 0 spiro atoms. The topological polar surface area (TPSA) is 66.0 Å². The van der Waals surface area contributed by atoms with Crippen LogP contribution in [-0.4, -0.2) is 40.9 Å². The zero-order valence-corrected chi connectivity index (χ0v) is 16.3. The van der Waals surface area contributed by atoms with E-state index in [0.717, 1.165) is 11.3 Å². The second kappa shape index (κ2) is 9.52. The first-order valence-corrected chi connectivity index (χ1v) is 8.52. The van der Waals surface area contributed by atoms with Gasteiger partial charge in [-0.25, -0.2) is 0 Å². The molecule has 2 aromatic rings. The molecule has 6 nitrogen and oxygen atoms in total. The van der Waals surface area contributed by atoms with E-state index in [1.165, 1.54) is 7.11 Å². The average Bonchev–Trinajstić information content (AvgIpc) is 2.71. The lowest BCUT2D eigenvalue weighted by Gasteiger charge is -2.16. The summed E-state index contributed by atoms with van der Waals surface area (Å²) in [6, 6.07) is 11.0. The van der Waals surface area contributed by atoms with E-state index in [0.29, 0.717) is 34.9 Å². The molecule has 1 amide bonds. The van der Waals surface area contributed by atoms with Crippen LogP contribution in [-0.2, 0) is 4.79 Å². The molecular weight excluding hydrogens is 346 g/mol. The van der Waals surface area contributed by atoms with E-state index in [4.69, 9.17) is 18.9 Å². The van der Waals surface area contributed by atoms with Gasteiger partial charge in [-0.3, -0.25) is 4.79 Å². The van der Waals surface area contributed by atoms with Crippen LogP contribution >= 0.6 is 0 Å². The van der Waals surface area contributed by atoms with Gasteiger partial charge in [-0.05, 0) is 48.4 Å². The Morgan fingerprint density at radius 3 is 1.96 bits per heavy atom. The molecule has 0 aliphatic rings. The van der Waals surface area contributed by atoms with Crippen molar-refractivity contribution in [1.82, 2.24) is 5.32 Å². The highest BCUT2D eigenvalue weighted by Gasteiger charge is 2.18. The third kappa shape index (κ3) is 4.73. The summed E-state index contributed by atoms with van der Waals surface area (Å²) in [5.74, 6) is 2.00. The van der Waals surface area contributed by atoms with Crippen molar-refractivity contribution in [3.05, 3.63) is 47.5 Å². The number of benzene rings is 2. The average molecular weight is 371 g/mol. The van der Waals surface area contributed by atoms with Crippen molar-refractivity contribution in [1.29, 1.82) is 0 Å². The number of carbonyl (C=O) groups excluding carboxylic acids is 1. The molecule has 0 aliphatic heterocycles. The molecule has 0 unspecified atom stereocenters. The number of carbonyl (C=O) groups is 1. The van der Waals surface area contributed by atoms with Gasteiger partial charge < -0.3 is 24.3 Å². The molecule has 6 heteroatoms. The van der Waals surface area contributed by atoms with Crippen LogP contribution in [0.4, 0.5) is 0 Å². The molecule has 0 bridgehead atoms. The van der Waals surface area contributed by atoms with Gasteiger partial charge in [0.15, 0.2) is 11.5 Å². The summed E-state index contributed by atoms with van der Waals surface area (Å²) in [5, 5.41) is 2.85. The maximum atomic E-state index is 12.7. The Morgan fingerprint density at radius 2 is 1.52 bits per heavy atom. The van der Waals surface area contributed by atoms with Gasteiger partial charge in [0.05, 0.1) is 28.4 Å². The van der Waals surface area contributed by atoms with Gasteiger partial charge in [-0.1, -0.05) is 12.1 Å². The van der Waals surface area contributed by atoms with E-state index in [9.17, 15) is 4.79 Å². The summed E-state index contributed by atoms with van der Waals surface area (Å²) < 4.78 is 21.4. The minimum Gasteiger partial charge on any atom is -0.497 e. The van der Waals surface area contributed by atoms with Crippen molar-refractivity contribution in [2.24, 2.45) is 0 Å². The van der Waals surface area contributed by atoms with Crippen LogP contribution in [0.3, 0.4) is 0 Å². The predicted octanol–water partition coefficient (Wildman–Crippen LogP) is 3.40. The molecule has 1 N–H and O–H groups in total. The Labute approximate surface area is 159 Å². The van der Waals surface area contributed by atoms with E-state index >= 15 is 0 Å². The minimum atomic E-state index is -0.192. The van der Waals surface area contributed by atoms with Crippen LogP contribution < -0.4 is 24.3 Å². The maximum Gasteiger partial charge on any atom is 0.251 e. The van der Waals surface area contributed by atoms with E-state index in [-0.39, 0.29) is 5.91 Å². The van der Waals surface area contributed by atoms with Crippen LogP contribution in [0.1, 0.15) is 18.1 Å². The third-order valence-corrected chi connectivity index (χ3v) is 3.98. The van der Waals surface area contributed by atoms with E-state index in [1.807, 2.05) is 37.3 Å². The van der Waals surface area contributed by atoms with Crippen molar-refractivity contribution in [3.8, 4) is 23.0 Å². The second-order valence-corrected chi connectivity index (χ2v) is 5.60. The number of likely N-dealkylation sites (N-methyl/N-ethyl adjacent to an activating group) is 1. The van der Waals surface area contributed by atoms with Gasteiger partial charge >= 0.3 is 0 Å². The molecule has 0 saturated heterocycles. The maximum absolute atomic E-state index is 12.7. The van der Waals surface area contributed by atoms with Gasteiger partial charge in [0.25, 0.3) is 5.91 Å². The molecule has 0 heterocycles. The fourth-order valence-electron chi connectivity index (χ4n) is 2.64. The van der Waals surface area contributed by atoms with Gasteiger partial charge in [0.2, 0.25) is 5.75 Å². The smallest absolute Gasteiger partial charge is 0.251 e. The van der Waals surface area contributed by atoms with Crippen LogP contribution in [0.15, 0.2) is 36.4 Å². The summed E-state index contributed by atoms with van der Waals surface area (Å²) in [6.45, 7) is 2.39. The first-order valence-electron chi connectivity index (χ1n) is 8.52. The lowest BCUT2D eigenvalue weighted by atomic mass is 10.0. The Bertz CT molecular complexity index is 787. The highest BCUT2D eigenvalue weighted by molar-refractivity contribution is 6.24. The SMILES string of the molecule is CCNC(=O)/C(=C/c1ccc(OC)cc1)c1cc(OC)c(OC)c(OC)c1. The van der Waals surface area contributed by atoms with E-state index in [1.54, 1.807) is 33.5 Å². The van der Waals surface area contributed by atoms with Crippen molar-refractivity contribution in [3.63, 3.8) is 0 Å². The zero-order chi connectivity index (χ0) is 19.8. The molecule has 2 aromatic carbocycles. The first kappa shape index (κ1) is 20.2. The quantitative estimate of drug-likeness (QED) is 0.569. The van der Waals surface area contributed by atoms with Crippen molar-refractivity contribution in [2.45, 2.75) is 6.92 Å². The van der Waals surface area contributed by atoms with Crippen LogP contribution in [0.2, 0.25) is 0 Å². The van der Waals surface area contributed by atoms with Crippen molar-refractivity contribution in [2.75, 3.05) is 35.0 Å². The molecule has 144 valence electrons. The Kier molecular flexibility index (Phi) is 7.11. The number of hydrogen-bond acceptors (Lipinski definition) is 5. The van der Waals surface area contributed by atoms with Crippen LogP contribution in [0, 0.1) is 0 Å². The lowest BCUT2D eigenvalue weighted by Crippen LogP contribution is -2.23. The summed E-state index contributed by atoms with van der Waals surface area (Å²) >= 11 is 0. The molecule has 2 rings (SSSR count). The van der Waals surface area contributed by atoms with Gasteiger partial charge in [-0.2, -0.15) is 0 Å². The Hall–Kier alpha value is -3.15. The van der Waals surface area contributed by atoms with E-state index < -0.39 is 0 Å². The standard InChI is InChI=1S/C21H25NO5/c1-6-22-21(23)17(11-14-7-9-16(24-2)10-8-14)15-12-18(25-3)20(27-5)19(13-15)26-4/h7-13H,6H2,1-5H3,(H,22,23)/b17-11+. The Morgan fingerprint density at radius 1 is 0.926 bits per heavy atom. The Balaban J connectivity index is 2.59. The van der Waals surface area contributed by atoms with E-state index in [2.05, 4.69) is 5.32 Å². The molecule has 0 atom stereocenters. The third-order valence-electron chi connectivity index (χ3n) is 3.98. The van der Waals surface area contributed by atoms with Crippen LogP contribution in [0.5, 0.6) is 23.0 Å². The molecular formula is C21H25NO5. The lowest BCUT2D eigenvalue weighted by molar-refractivity contribution is -0.115. The van der Waals surface area contributed by atoms with Gasteiger partial charge in [-0.15, -0.1) is 0 Å². The summed E-state index contributed by atoms with van der Waals surface area (Å²) in [4.78, 5) is 12.7. The van der Waals surface area contributed by atoms with Crippen molar-refractivity contribution < 1.29 is 23.7 Å². The molecule has 0 radical (unpaired) electrons. The molecule has 0 aliphatic carbocycles. The number of ether oxygens (including phenoxy) is 4. The molecule has 27 heavy (non-hydrogen) atoms. The number of nitrogens with one attached hydrogen (secondary N) is 1. The molecule has 0 saturated carbocycles. The zero-order valence-electron chi connectivity index (χ0n) is 16.3. The summed E-state index contributed by atoms with van der Waals surface area (Å²) in [5.41, 5.74) is 2.01. The summed E-state index contributed by atoms with van der Waals surface area (Å²) in [7, 11) is 6.24. The molecule has 0 fully saturated rings. The number of methoxy groups -OCH3 is 4. The number of amides is 1. The second-order valence-electron chi connectivity index (χ2n) is 5.60. The monoisotopic (exact) mass is 371 g/mol. The molecule has 0 aromatic heterocycles. The highest BCUT2D eigenvalue weighted by Crippen LogP contribution is 2.40. The van der Waals surface area contributed by atoms with Crippen LogP contribution in [0.25, 0.3) is 11.6 Å². The number of rotatable bonds is 8. The largest absolute Gasteiger partial charge is 0.497 e. The normalized spacial score (nSPS) is 10.9. The van der Waals surface area contributed by atoms with Crippen molar-refractivity contribution >= 4 is 17.6 Å². The fraction of sp³-hybridized carbons (Fsp3) is 0.286. The summed E-state index contributed by atoms with van der Waals surface area (Å²) in [6.07, 6.45) is 1.81. The fourth-order valence-corrected chi connectivity index (χ4v) is 2.64. The van der Waals surface area contributed by atoms with Gasteiger partial charge in [0.1, 0.15) is 5.75 Å². The predicted molar refractivity (Wildman–Crippen MR) is 106 cm³/mol. The number of hydrogen-bond donors (Lipinski definition) is 1. The van der Waals surface area contributed by atoms with Gasteiger partial charge in [0, 0.05) is 12.1 Å².